The lowest BCUT2D eigenvalue weighted by atomic mass is 10.1. The maximum atomic E-state index is 13.4. The highest BCUT2D eigenvalue weighted by Gasteiger charge is 2.34. The average Bonchev–Trinajstić information content (AvgIpc) is 2.87. The summed E-state index contributed by atoms with van der Waals surface area (Å²) in [6, 6.07) is 18.5. The van der Waals surface area contributed by atoms with E-state index in [2.05, 4.69) is 21.2 Å². The van der Waals surface area contributed by atoms with Crippen LogP contribution >= 0.6 is 39.7 Å². The number of halogens is 2. The van der Waals surface area contributed by atoms with E-state index in [1.165, 1.54) is 11.0 Å². The molecular formula is C28H24BrClN2O4S. The van der Waals surface area contributed by atoms with Crippen LogP contribution < -0.4 is 19.7 Å². The molecule has 0 saturated carbocycles. The first-order valence-electron chi connectivity index (χ1n) is 11.6. The van der Waals surface area contributed by atoms with Crippen LogP contribution in [-0.4, -0.2) is 23.5 Å². The lowest BCUT2D eigenvalue weighted by Crippen LogP contribution is -2.54. The van der Waals surface area contributed by atoms with Crippen molar-refractivity contribution in [1.82, 2.24) is 5.32 Å². The second-order valence-electron chi connectivity index (χ2n) is 8.16. The summed E-state index contributed by atoms with van der Waals surface area (Å²) in [5.74, 6) is -0.319. The summed E-state index contributed by atoms with van der Waals surface area (Å²) in [5.41, 5.74) is 3.09. The number of hydrogen-bond donors (Lipinski definition) is 1. The molecule has 3 aromatic rings. The molecule has 0 unspecified atom stereocenters. The third kappa shape index (κ3) is 6.21. The van der Waals surface area contributed by atoms with Gasteiger partial charge in [-0.25, -0.2) is 0 Å². The number of nitrogens with one attached hydrogen (secondary N) is 1. The predicted octanol–water partition coefficient (Wildman–Crippen LogP) is 6.47. The molecule has 1 N–H and O–H groups in total. The van der Waals surface area contributed by atoms with Crippen LogP contribution in [0.15, 0.2) is 70.7 Å². The van der Waals surface area contributed by atoms with E-state index in [4.69, 9.17) is 33.3 Å². The summed E-state index contributed by atoms with van der Waals surface area (Å²) in [4.78, 5) is 27.4. The highest BCUT2D eigenvalue weighted by molar-refractivity contribution is 9.10. The third-order valence-electron chi connectivity index (χ3n) is 5.64. The van der Waals surface area contributed by atoms with Gasteiger partial charge in [0.15, 0.2) is 16.6 Å². The van der Waals surface area contributed by atoms with Crippen LogP contribution in [0, 0.1) is 0 Å². The van der Waals surface area contributed by atoms with Crippen molar-refractivity contribution < 1.29 is 19.1 Å². The molecule has 4 rings (SSSR count). The predicted molar refractivity (Wildman–Crippen MR) is 153 cm³/mol. The van der Waals surface area contributed by atoms with Gasteiger partial charge in [0.2, 0.25) is 0 Å². The molecule has 190 valence electrons. The molecule has 0 radical (unpaired) electrons. The van der Waals surface area contributed by atoms with Gasteiger partial charge >= 0.3 is 0 Å². The minimum atomic E-state index is -0.582. The molecule has 0 spiro atoms. The first kappa shape index (κ1) is 26.9. The normalized spacial score (nSPS) is 14.6. The molecule has 0 atom stereocenters. The van der Waals surface area contributed by atoms with Gasteiger partial charge in [-0.2, -0.15) is 0 Å². The Balaban J connectivity index is 1.64. The quantitative estimate of drug-likeness (QED) is 0.183. The first-order chi connectivity index (χ1) is 17.8. The topological polar surface area (TPSA) is 67.9 Å². The van der Waals surface area contributed by atoms with E-state index in [1.807, 2.05) is 50.2 Å². The van der Waals surface area contributed by atoms with E-state index in [0.717, 1.165) is 22.0 Å². The van der Waals surface area contributed by atoms with Crippen molar-refractivity contribution >= 4 is 68.4 Å². The van der Waals surface area contributed by atoms with Crippen LogP contribution in [-0.2, 0) is 22.6 Å². The molecule has 1 heterocycles. The number of carbonyl (C=O) groups excluding carboxylic acids is 2. The lowest BCUT2D eigenvalue weighted by molar-refractivity contribution is -0.122. The van der Waals surface area contributed by atoms with Crippen LogP contribution in [0.3, 0.4) is 0 Å². The number of nitrogens with zero attached hydrogens (tertiary/aromatic N) is 1. The molecule has 1 aliphatic heterocycles. The van der Waals surface area contributed by atoms with Gasteiger partial charge in [0.05, 0.1) is 17.3 Å². The van der Waals surface area contributed by atoms with Crippen molar-refractivity contribution in [3.05, 3.63) is 92.4 Å². The van der Waals surface area contributed by atoms with E-state index in [-0.39, 0.29) is 17.3 Å². The SMILES string of the molecule is CCOc1cc(/C=C2\C(=O)NC(=S)N(c3ccc(CC)cc3)C2=O)cc(Cl)c1OCc1ccc(Br)cc1. The molecule has 1 fully saturated rings. The molecule has 6 nitrogen and oxygen atoms in total. The number of anilines is 1. The highest BCUT2D eigenvalue weighted by Crippen LogP contribution is 2.38. The van der Waals surface area contributed by atoms with Crippen LogP contribution in [0.25, 0.3) is 6.08 Å². The number of rotatable bonds is 8. The van der Waals surface area contributed by atoms with Crippen LogP contribution in [0.1, 0.15) is 30.5 Å². The molecule has 0 aliphatic carbocycles. The lowest BCUT2D eigenvalue weighted by Gasteiger charge is -2.29. The highest BCUT2D eigenvalue weighted by atomic mass is 79.9. The Morgan fingerprint density at radius 2 is 1.68 bits per heavy atom. The van der Waals surface area contributed by atoms with Gasteiger partial charge in [0.1, 0.15) is 12.2 Å². The molecule has 2 amide bonds. The summed E-state index contributed by atoms with van der Waals surface area (Å²) >= 11 is 15.3. The zero-order chi connectivity index (χ0) is 26.5. The monoisotopic (exact) mass is 598 g/mol. The van der Waals surface area contributed by atoms with Crippen molar-refractivity contribution in [2.24, 2.45) is 0 Å². The minimum Gasteiger partial charge on any atom is -0.490 e. The third-order valence-corrected chi connectivity index (χ3v) is 6.74. The van der Waals surface area contributed by atoms with E-state index >= 15 is 0 Å². The van der Waals surface area contributed by atoms with Crippen LogP contribution in [0.5, 0.6) is 11.5 Å². The van der Waals surface area contributed by atoms with Gasteiger partial charge in [-0.15, -0.1) is 0 Å². The molecule has 3 aromatic carbocycles. The van der Waals surface area contributed by atoms with Gasteiger partial charge in [0, 0.05) is 4.47 Å². The minimum absolute atomic E-state index is 0.0288. The molecule has 1 aliphatic rings. The number of carbonyl (C=O) groups is 2. The second-order valence-corrected chi connectivity index (χ2v) is 9.87. The van der Waals surface area contributed by atoms with E-state index in [1.54, 1.807) is 24.3 Å². The Kier molecular flexibility index (Phi) is 8.63. The van der Waals surface area contributed by atoms with Crippen LogP contribution in [0.4, 0.5) is 5.69 Å². The van der Waals surface area contributed by atoms with Gasteiger partial charge in [-0.3, -0.25) is 19.8 Å². The molecule has 1 saturated heterocycles. The Hall–Kier alpha value is -3.20. The summed E-state index contributed by atoms with van der Waals surface area (Å²) in [6.45, 7) is 4.56. The number of benzene rings is 3. The first-order valence-corrected chi connectivity index (χ1v) is 13.2. The van der Waals surface area contributed by atoms with E-state index < -0.39 is 11.8 Å². The molecular weight excluding hydrogens is 576 g/mol. The van der Waals surface area contributed by atoms with E-state index in [9.17, 15) is 9.59 Å². The number of hydrogen-bond acceptors (Lipinski definition) is 5. The number of ether oxygens (including phenoxy) is 2. The average molecular weight is 600 g/mol. The van der Waals surface area contributed by atoms with Gasteiger partial charge in [-0.1, -0.05) is 58.7 Å². The maximum Gasteiger partial charge on any atom is 0.270 e. The number of aryl methyl sites for hydroxylation is 1. The largest absolute Gasteiger partial charge is 0.490 e. The summed E-state index contributed by atoms with van der Waals surface area (Å²) in [7, 11) is 0. The number of amides is 2. The molecule has 37 heavy (non-hydrogen) atoms. The Bertz CT molecular complexity index is 1370. The zero-order valence-corrected chi connectivity index (χ0v) is 23.4. The fourth-order valence-corrected chi connectivity index (χ4v) is 4.57. The fraction of sp³-hybridized carbons (Fsp3) is 0.179. The van der Waals surface area contributed by atoms with E-state index in [0.29, 0.717) is 34.4 Å². The zero-order valence-electron chi connectivity index (χ0n) is 20.2. The van der Waals surface area contributed by atoms with Crippen molar-refractivity contribution in [3.63, 3.8) is 0 Å². The Labute approximate surface area is 234 Å². The summed E-state index contributed by atoms with van der Waals surface area (Å²) < 4.78 is 12.7. The van der Waals surface area contributed by atoms with Crippen molar-refractivity contribution in [3.8, 4) is 11.5 Å². The molecule has 9 heteroatoms. The smallest absolute Gasteiger partial charge is 0.270 e. The number of thiocarbonyl (C=S) groups is 1. The standard InChI is InChI=1S/C28H24BrClN2O4S/c1-3-17-7-11-21(12-8-17)32-27(34)22(26(33)31-28(32)37)13-19-14-23(30)25(24(15-19)35-4-2)36-16-18-5-9-20(29)10-6-18/h5-15H,3-4,16H2,1-2H3,(H,31,33,37)/b22-13+. The molecule has 0 aromatic heterocycles. The van der Waals surface area contributed by atoms with Gasteiger partial charge in [-0.05, 0) is 84.7 Å². The van der Waals surface area contributed by atoms with Crippen molar-refractivity contribution in [1.29, 1.82) is 0 Å². The Morgan fingerprint density at radius 1 is 1.00 bits per heavy atom. The summed E-state index contributed by atoms with van der Waals surface area (Å²) in [6.07, 6.45) is 2.34. The second kappa shape index (κ2) is 11.9. The van der Waals surface area contributed by atoms with Crippen molar-refractivity contribution in [2.45, 2.75) is 26.9 Å². The molecule has 0 bridgehead atoms. The van der Waals surface area contributed by atoms with Gasteiger partial charge < -0.3 is 9.47 Å². The van der Waals surface area contributed by atoms with Crippen LogP contribution in [0.2, 0.25) is 5.02 Å². The summed E-state index contributed by atoms with van der Waals surface area (Å²) in [5, 5.41) is 2.92. The maximum absolute atomic E-state index is 13.4. The Morgan fingerprint density at radius 3 is 2.32 bits per heavy atom. The fourth-order valence-electron chi connectivity index (χ4n) is 3.75. The van der Waals surface area contributed by atoms with Gasteiger partial charge in [0.25, 0.3) is 11.8 Å². The van der Waals surface area contributed by atoms with Crippen molar-refractivity contribution in [2.75, 3.05) is 11.5 Å².